The molecule has 0 bridgehead atoms. The Bertz CT molecular complexity index is 2490. The quantitative estimate of drug-likeness (QED) is 0.0427. The lowest BCUT2D eigenvalue weighted by Gasteiger charge is -2.52. The van der Waals surface area contributed by atoms with Gasteiger partial charge in [0.05, 0.1) is 52.4 Å². The van der Waals surface area contributed by atoms with Crippen molar-refractivity contribution in [3.8, 4) is 0 Å². The second-order valence-electron chi connectivity index (χ2n) is 24.6. The number of carbonyl (C=O) groups excluding carboxylic acids is 3. The minimum Gasteiger partial charge on any atom is -0.394 e. The van der Waals surface area contributed by atoms with E-state index in [9.17, 15) is 127 Å². The molecule has 8 aliphatic rings. The van der Waals surface area contributed by atoms with Crippen molar-refractivity contribution >= 4 is 17.7 Å². The fourth-order valence-electron chi connectivity index (χ4n) is 12.4. The van der Waals surface area contributed by atoms with E-state index in [1.807, 2.05) is 0 Å². The molecule has 8 fully saturated rings. The summed E-state index contributed by atoms with van der Waals surface area (Å²) in [5.41, 5.74) is 0. The van der Waals surface area contributed by atoms with Crippen LogP contribution in [-0.2, 0) is 85.4 Å². The van der Waals surface area contributed by atoms with Gasteiger partial charge in [0.2, 0.25) is 17.7 Å². The Morgan fingerprint density at radius 3 is 0.990 bits per heavy atom. The van der Waals surface area contributed by atoms with E-state index in [1.54, 1.807) is 0 Å². The van der Waals surface area contributed by atoms with Gasteiger partial charge in [-0.25, -0.2) is 0 Å². The summed E-state index contributed by atoms with van der Waals surface area (Å²) in [6.45, 7) is -3.02. The van der Waals surface area contributed by atoms with Crippen LogP contribution in [0.2, 0.25) is 0 Å². The molecule has 8 saturated heterocycles. The smallest absolute Gasteiger partial charge is 0.217 e. The molecule has 0 aromatic rings. The molecule has 8 rings (SSSR count). The summed E-state index contributed by atoms with van der Waals surface area (Å²) in [6.07, 6.45) is -74.0. The van der Waals surface area contributed by atoms with Gasteiger partial charge in [0.1, 0.15) is 189 Å². The zero-order valence-electron chi connectivity index (χ0n) is 52.2. The van der Waals surface area contributed by atoms with E-state index in [4.69, 9.17) is 71.1 Å². The third kappa shape index (κ3) is 17.6. The number of carbonyl (C=O) groups is 3. The number of hydrogen-bond acceptors (Lipinski definition) is 40. The van der Waals surface area contributed by atoms with Gasteiger partial charge in [-0.1, -0.05) is 0 Å². The Hall–Kier alpha value is -3.07. The van der Waals surface area contributed by atoms with E-state index in [-0.39, 0.29) is 0 Å². The largest absolute Gasteiger partial charge is 0.394 e. The lowest BCUT2D eigenvalue weighted by atomic mass is 9.93. The maximum absolute atomic E-state index is 13.1. The molecule has 43 heteroatoms. The summed E-state index contributed by atoms with van der Waals surface area (Å²) in [5.74, 6) is -2.70. The highest BCUT2D eigenvalue weighted by atomic mass is 16.8. The highest BCUT2D eigenvalue weighted by Gasteiger charge is 2.60. The Morgan fingerprint density at radius 1 is 0.289 bits per heavy atom. The standard InChI is InChI=1S/C54H91N3O40/c1-12-26(66)33(73)37(77)50(85-12)83-10-21-44(30(70)23(47(82)86-21)55-13(2)63)93-48-24(56-14(3)64)31(71)43(20(9-62)90-48)95-54-41(81)46(97-53-40(80)36(76)29(69)18(7-60)89-53)45(22(92-54)11-84-51-38(78)34(74)27(67)16(5-58)87-51)96-49-25(57-15(4)65)32(72)42(19(8-61)91-49)94-52-39(79)35(75)28(68)17(6-59)88-52/h12,16-54,58-62,66-82H,5-11H2,1-4H3,(H,55,63)(H,56,64)(H,57,65)/t12-,16+,17+,18+,19+,20+,21+,22+,23+,24+,25+,26+,27+,28-,29+,30+,31+,32+,33+,34-,35-,36-,37-,38-,39+,40-,41-,42+,43+,44+,45+,46+,47+,48-,49-,50+,51-,52-,53+,54-/m0/s1. The molecule has 0 aromatic heterocycles. The first-order valence-corrected chi connectivity index (χ1v) is 31.0. The van der Waals surface area contributed by atoms with Gasteiger partial charge in [0.25, 0.3) is 0 Å². The van der Waals surface area contributed by atoms with Gasteiger partial charge in [-0.3, -0.25) is 14.4 Å². The molecule has 0 aliphatic carbocycles. The van der Waals surface area contributed by atoms with Crippen molar-refractivity contribution in [2.75, 3.05) is 46.2 Å². The van der Waals surface area contributed by atoms with Gasteiger partial charge < -0.3 is 199 Å². The Labute approximate surface area is 549 Å². The average molecular weight is 1420 g/mol. The summed E-state index contributed by atoms with van der Waals surface area (Å²) in [7, 11) is 0. The van der Waals surface area contributed by atoms with Crippen molar-refractivity contribution in [2.24, 2.45) is 0 Å². The number of amides is 3. The van der Waals surface area contributed by atoms with Gasteiger partial charge in [0.15, 0.2) is 50.3 Å². The summed E-state index contributed by atoms with van der Waals surface area (Å²) >= 11 is 0. The molecule has 8 heterocycles. The summed E-state index contributed by atoms with van der Waals surface area (Å²) < 4.78 is 88.8. The molecule has 43 nitrogen and oxygen atoms in total. The van der Waals surface area contributed by atoms with Crippen LogP contribution in [0.5, 0.6) is 0 Å². The normalized spacial score (nSPS) is 49.9. The van der Waals surface area contributed by atoms with Crippen molar-refractivity contribution in [1.29, 1.82) is 0 Å². The van der Waals surface area contributed by atoms with E-state index in [0.29, 0.717) is 0 Å². The zero-order valence-corrected chi connectivity index (χ0v) is 52.2. The molecule has 40 atom stereocenters. The van der Waals surface area contributed by atoms with Crippen LogP contribution in [-0.4, -0.2) is 422 Å². The molecule has 0 radical (unpaired) electrons. The van der Waals surface area contributed by atoms with Crippen LogP contribution in [0.15, 0.2) is 0 Å². The van der Waals surface area contributed by atoms with Gasteiger partial charge in [-0.2, -0.15) is 0 Å². The van der Waals surface area contributed by atoms with Crippen LogP contribution in [0.3, 0.4) is 0 Å². The summed E-state index contributed by atoms with van der Waals surface area (Å²) in [4.78, 5) is 38.4. The van der Waals surface area contributed by atoms with Crippen LogP contribution in [0, 0.1) is 0 Å². The first kappa shape index (κ1) is 79.6. The fraction of sp³-hybridized carbons (Fsp3) is 0.944. The molecule has 0 saturated carbocycles. The molecule has 97 heavy (non-hydrogen) atoms. The molecule has 0 aromatic carbocycles. The Balaban J connectivity index is 1.15. The second kappa shape index (κ2) is 34.5. The Kier molecular flexibility index (Phi) is 28.3. The molecular weight excluding hydrogens is 1330 g/mol. The number of aliphatic hydroxyl groups excluding tert-OH is 22. The molecule has 8 aliphatic heterocycles. The first-order chi connectivity index (χ1) is 45.8. The van der Waals surface area contributed by atoms with Gasteiger partial charge >= 0.3 is 0 Å². The maximum atomic E-state index is 13.1. The van der Waals surface area contributed by atoms with Crippen LogP contribution in [0.25, 0.3) is 0 Å². The number of aliphatic hydroxyl groups is 22. The van der Waals surface area contributed by atoms with Crippen LogP contribution in [0.4, 0.5) is 0 Å². The van der Waals surface area contributed by atoms with E-state index in [2.05, 4.69) is 16.0 Å². The van der Waals surface area contributed by atoms with E-state index < -0.39 is 309 Å². The molecule has 0 spiro atoms. The minimum absolute atomic E-state index is 0.808. The molecule has 0 unspecified atom stereocenters. The highest BCUT2D eigenvalue weighted by molar-refractivity contribution is 5.74. The summed E-state index contributed by atoms with van der Waals surface area (Å²) in [5, 5.41) is 248. The van der Waals surface area contributed by atoms with Crippen molar-refractivity contribution < 1.29 is 198 Å². The van der Waals surface area contributed by atoms with Gasteiger partial charge in [-0.15, -0.1) is 0 Å². The molecule has 25 N–H and O–H groups in total. The predicted octanol–water partition coefficient (Wildman–Crippen LogP) is -17.0. The summed E-state index contributed by atoms with van der Waals surface area (Å²) in [6, 6.07) is -5.61. The van der Waals surface area contributed by atoms with E-state index in [0.717, 1.165) is 20.8 Å². The Morgan fingerprint density at radius 2 is 0.577 bits per heavy atom. The van der Waals surface area contributed by atoms with Crippen molar-refractivity contribution in [3.05, 3.63) is 0 Å². The third-order valence-electron chi connectivity index (χ3n) is 17.8. The first-order valence-electron chi connectivity index (χ1n) is 31.0. The molecule has 3 amide bonds. The van der Waals surface area contributed by atoms with Crippen molar-refractivity contribution in [1.82, 2.24) is 16.0 Å². The zero-order chi connectivity index (χ0) is 71.5. The van der Waals surface area contributed by atoms with E-state index in [1.165, 1.54) is 6.92 Å². The fourth-order valence-corrected chi connectivity index (χ4v) is 12.4. The van der Waals surface area contributed by atoms with Crippen molar-refractivity contribution in [2.45, 2.75) is 273 Å². The van der Waals surface area contributed by atoms with Crippen molar-refractivity contribution in [3.63, 3.8) is 0 Å². The molecular formula is C54H91N3O40. The minimum atomic E-state index is -2.53. The maximum Gasteiger partial charge on any atom is 0.217 e. The lowest BCUT2D eigenvalue weighted by Crippen LogP contribution is -2.71. The predicted molar refractivity (Wildman–Crippen MR) is 298 cm³/mol. The third-order valence-corrected chi connectivity index (χ3v) is 17.8. The monoisotopic (exact) mass is 1420 g/mol. The number of nitrogens with one attached hydrogen (secondary N) is 3. The van der Waals surface area contributed by atoms with Crippen LogP contribution < -0.4 is 16.0 Å². The number of rotatable bonds is 24. The van der Waals surface area contributed by atoms with Gasteiger partial charge in [-0.05, 0) is 6.92 Å². The number of ether oxygens (including phenoxy) is 15. The highest BCUT2D eigenvalue weighted by Crippen LogP contribution is 2.39. The SMILES string of the molecule is CC(=O)N[C@@H]1[C@@H](O)[C@H](O[C@@H]2O[C@H](CO)[C@@H](O[C@@H]3O[C@H](CO[C@H]4O[C@H](CO)[C@@H](O)[C@H](O)[C@@H]4O)[C@@H](O[C@@H]4O[C@H](CO)[C@@H](O[C@@H]5O[C@H](CO)[C@H](O)[C@H](O)[C@H]5O)[C@H](O)[C@H]4NC(C)=O)[C@H](O[C@H]4O[C@H](CO)[C@@H](O)[C@H](O)[C@@H]4O)[C@@H]3O)[C@H](O)[C@H]2NC(C)=O)[C@@H](CO[C@@H]2O[C@@H](C)[C@@H](O)[C@@H](O)[C@@H]2O)O[C@H]1O. The topological polar surface area (TPSA) is 671 Å². The van der Waals surface area contributed by atoms with Crippen LogP contribution >= 0.6 is 0 Å². The van der Waals surface area contributed by atoms with E-state index >= 15 is 0 Å². The lowest BCUT2D eigenvalue weighted by molar-refractivity contribution is -0.401. The average Bonchev–Trinajstić information content (AvgIpc) is 0.770. The molecule has 562 valence electrons. The van der Waals surface area contributed by atoms with Gasteiger partial charge in [0, 0.05) is 20.8 Å². The number of hydrogen-bond donors (Lipinski definition) is 25. The second-order valence-corrected chi connectivity index (χ2v) is 24.6. The van der Waals surface area contributed by atoms with Crippen LogP contribution in [0.1, 0.15) is 27.7 Å².